The van der Waals surface area contributed by atoms with E-state index in [1.807, 2.05) is 19.2 Å². The van der Waals surface area contributed by atoms with Crippen LogP contribution in [0.15, 0.2) is 22.7 Å². The minimum Gasteiger partial charge on any atom is -0.317 e. The summed E-state index contributed by atoms with van der Waals surface area (Å²) >= 11 is 3.25. The Morgan fingerprint density at radius 2 is 2.24 bits per heavy atom. The molecular formula is C14H19BrFN. The Balaban J connectivity index is 1.97. The minimum atomic E-state index is -0.175. The summed E-state index contributed by atoms with van der Waals surface area (Å²) in [6.07, 6.45) is 6.20. The molecule has 1 aliphatic rings. The van der Waals surface area contributed by atoms with Crippen molar-refractivity contribution in [2.45, 2.75) is 38.1 Å². The second-order valence-corrected chi connectivity index (χ2v) is 5.83. The molecule has 94 valence electrons. The molecule has 0 spiro atoms. The molecule has 1 N–H and O–H groups in total. The van der Waals surface area contributed by atoms with Crippen LogP contribution in [0.25, 0.3) is 0 Å². The summed E-state index contributed by atoms with van der Waals surface area (Å²) in [7, 11) is 2.04. The highest BCUT2D eigenvalue weighted by molar-refractivity contribution is 9.10. The van der Waals surface area contributed by atoms with Crippen LogP contribution >= 0.6 is 15.9 Å². The molecule has 0 saturated heterocycles. The first-order valence-electron chi connectivity index (χ1n) is 6.30. The maximum absolute atomic E-state index is 13.1. The molecule has 2 unspecified atom stereocenters. The van der Waals surface area contributed by atoms with Crippen molar-refractivity contribution < 1.29 is 4.39 Å². The Morgan fingerprint density at radius 1 is 1.41 bits per heavy atom. The highest BCUT2D eigenvalue weighted by Crippen LogP contribution is 2.28. The largest absolute Gasteiger partial charge is 0.317 e. The Morgan fingerprint density at radius 3 is 2.94 bits per heavy atom. The van der Waals surface area contributed by atoms with Crippen LogP contribution in [-0.4, -0.2) is 13.1 Å². The maximum atomic E-state index is 13.1. The highest BCUT2D eigenvalue weighted by atomic mass is 79.9. The molecule has 0 radical (unpaired) electrons. The van der Waals surface area contributed by atoms with Gasteiger partial charge in [-0.15, -0.1) is 0 Å². The van der Waals surface area contributed by atoms with Crippen molar-refractivity contribution >= 4 is 15.9 Å². The number of rotatable bonds is 3. The average Bonchev–Trinajstić information content (AvgIpc) is 2.34. The summed E-state index contributed by atoms with van der Waals surface area (Å²) in [5.74, 6) is 0.559. The van der Waals surface area contributed by atoms with Gasteiger partial charge < -0.3 is 5.32 Å². The van der Waals surface area contributed by atoms with Crippen molar-refractivity contribution in [2.75, 3.05) is 7.05 Å². The lowest BCUT2D eigenvalue weighted by Gasteiger charge is -2.29. The van der Waals surface area contributed by atoms with E-state index in [1.165, 1.54) is 31.2 Å². The average molecular weight is 300 g/mol. The number of nitrogens with one attached hydrogen (secondary N) is 1. The second kappa shape index (κ2) is 5.96. The van der Waals surface area contributed by atoms with Crippen molar-refractivity contribution in [3.63, 3.8) is 0 Å². The molecule has 1 aromatic rings. The third kappa shape index (κ3) is 3.52. The first-order valence-corrected chi connectivity index (χ1v) is 7.09. The first kappa shape index (κ1) is 13.0. The number of halogens is 2. The predicted molar refractivity (Wildman–Crippen MR) is 72.6 cm³/mol. The first-order chi connectivity index (χ1) is 8.19. The molecule has 2 rings (SSSR count). The van der Waals surface area contributed by atoms with E-state index >= 15 is 0 Å². The fourth-order valence-electron chi connectivity index (χ4n) is 2.74. The van der Waals surface area contributed by atoms with Gasteiger partial charge in [0.1, 0.15) is 5.82 Å². The normalized spacial score (nSPS) is 24.9. The Labute approximate surface area is 111 Å². The molecule has 0 amide bonds. The number of hydrogen-bond acceptors (Lipinski definition) is 1. The Bertz CT molecular complexity index is 380. The van der Waals surface area contributed by atoms with Gasteiger partial charge >= 0.3 is 0 Å². The van der Waals surface area contributed by atoms with Crippen LogP contribution in [0.2, 0.25) is 0 Å². The van der Waals surface area contributed by atoms with Crippen molar-refractivity contribution in [3.05, 3.63) is 34.1 Å². The molecular weight excluding hydrogens is 281 g/mol. The van der Waals surface area contributed by atoms with E-state index in [-0.39, 0.29) is 5.82 Å². The molecule has 1 fully saturated rings. The van der Waals surface area contributed by atoms with Crippen LogP contribution in [0, 0.1) is 11.7 Å². The van der Waals surface area contributed by atoms with Gasteiger partial charge in [0.25, 0.3) is 0 Å². The lowest BCUT2D eigenvalue weighted by Crippen LogP contribution is -2.31. The smallest absolute Gasteiger partial charge is 0.137 e. The van der Waals surface area contributed by atoms with Crippen LogP contribution < -0.4 is 5.32 Å². The van der Waals surface area contributed by atoms with Gasteiger partial charge in [-0.3, -0.25) is 0 Å². The zero-order valence-electron chi connectivity index (χ0n) is 10.2. The van der Waals surface area contributed by atoms with Gasteiger partial charge in [0.05, 0.1) is 4.47 Å². The molecule has 1 aromatic carbocycles. The molecule has 1 saturated carbocycles. The van der Waals surface area contributed by atoms with Crippen LogP contribution in [0.1, 0.15) is 31.2 Å². The molecule has 1 nitrogen and oxygen atoms in total. The lowest BCUT2D eigenvalue weighted by molar-refractivity contribution is 0.294. The van der Waals surface area contributed by atoms with Gasteiger partial charge in [0.2, 0.25) is 0 Å². The van der Waals surface area contributed by atoms with Gasteiger partial charge in [-0.05, 0) is 65.9 Å². The third-order valence-corrected chi connectivity index (χ3v) is 4.31. The summed E-state index contributed by atoms with van der Waals surface area (Å²) in [4.78, 5) is 0. The molecule has 1 aliphatic carbocycles. The van der Waals surface area contributed by atoms with E-state index < -0.39 is 0 Å². The standard InChI is InChI=1S/C14H19BrFN/c1-17-12-4-2-3-10(8-12)7-11-5-6-14(16)13(15)9-11/h5-6,9-10,12,17H,2-4,7-8H2,1H3. The van der Waals surface area contributed by atoms with E-state index in [9.17, 15) is 4.39 Å². The summed E-state index contributed by atoms with van der Waals surface area (Å²) in [5, 5.41) is 3.37. The predicted octanol–water partition coefficient (Wildman–Crippen LogP) is 3.91. The molecule has 0 aromatic heterocycles. The van der Waals surface area contributed by atoms with E-state index in [0.717, 1.165) is 12.3 Å². The van der Waals surface area contributed by atoms with Gasteiger partial charge in [0, 0.05) is 6.04 Å². The van der Waals surface area contributed by atoms with Gasteiger partial charge in [-0.1, -0.05) is 18.9 Å². The maximum Gasteiger partial charge on any atom is 0.137 e. The fraction of sp³-hybridized carbons (Fsp3) is 0.571. The zero-order valence-corrected chi connectivity index (χ0v) is 11.8. The van der Waals surface area contributed by atoms with Gasteiger partial charge in [0.15, 0.2) is 0 Å². The van der Waals surface area contributed by atoms with Crippen LogP contribution in [0.3, 0.4) is 0 Å². The molecule has 17 heavy (non-hydrogen) atoms. The van der Waals surface area contributed by atoms with E-state index in [4.69, 9.17) is 0 Å². The van der Waals surface area contributed by atoms with Crippen molar-refractivity contribution in [1.29, 1.82) is 0 Å². The third-order valence-electron chi connectivity index (χ3n) is 3.70. The van der Waals surface area contributed by atoms with Gasteiger partial charge in [-0.25, -0.2) is 4.39 Å². The topological polar surface area (TPSA) is 12.0 Å². The van der Waals surface area contributed by atoms with E-state index in [2.05, 4.69) is 21.2 Å². The molecule has 0 heterocycles. The molecule has 2 atom stereocenters. The lowest BCUT2D eigenvalue weighted by atomic mass is 9.82. The molecule has 0 bridgehead atoms. The highest BCUT2D eigenvalue weighted by Gasteiger charge is 2.21. The SMILES string of the molecule is CNC1CCCC(Cc2ccc(F)c(Br)c2)C1. The molecule has 3 heteroatoms. The molecule has 0 aliphatic heterocycles. The van der Waals surface area contributed by atoms with Crippen molar-refractivity contribution in [1.82, 2.24) is 5.32 Å². The van der Waals surface area contributed by atoms with Crippen molar-refractivity contribution in [2.24, 2.45) is 5.92 Å². The van der Waals surface area contributed by atoms with Crippen LogP contribution in [0.5, 0.6) is 0 Å². The Kier molecular flexibility index (Phi) is 4.57. The quantitative estimate of drug-likeness (QED) is 0.892. The summed E-state index contributed by atoms with van der Waals surface area (Å²) in [5.41, 5.74) is 1.24. The van der Waals surface area contributed by atoms with Crippen molar-refractivity contribution in [3.8, 4) is 0 Å². The van der Waals surface area contributed by atoms with Crippen LogP contribution in [-0.2, 0) is 6.42 Å². The van der Waals surface area contributed by atoms with E-state index in [1.54, 1.807) is 6.07 Å². The Hall–Kier alpha value is -0.410. The number of hydrogen-bond donors (Lipinski definition) is 1. The second-order valence-electron chi connectivity index (χ2n) is 4.97. The fourth-order valence-corrected chi connectivity index (χ4v) is 3.16. The zero-order chi connectivity index (χ0) is 12.3. The monoisotopic (exact) mass is 299 g/mol. The summed E-state index contributed by atoms with van der Waals surface area (Å²) in [6, 6.07) is 6.04. The summed E-state index contributed by atoms with van der Waals surface area (Å²) < 4.78 is 13.7. The number of benzene rings is 1. The van der Waals surface area contributed by atoms with Crippen LogP contribution in [0.4, 0.5) is 4.39 Å². The van der Waals surface area contributed by atoms with Gasteiger partial charge in [-0.2, -0.15) is 0 Å². The summed E-state index contributed by atoms with van der Waals surface area (Å²) in [6.45, 7) is 0. The van der Waals surface area contributed by atoms with E-state index in [0.29, 0.717) is 10.5 Å². The minimum absolute atomic E-state index is 0.175.